The van der Waals surface area contributed by atoms with Crippen molar-refractivity contribution in [3.05, 3.63) is 0 Å². The molecule has 2 N–H and O–H groups in total. The monoisotopic (exact) mass is 243 g/mol. The average molecular weight is 243 g/mol. The van der Waals surface area contributed by atoms with Gasteiger partial charge in [0.25, 0.3) is 0 Å². The minimum absolute atomic E-state index is 0.00743. The van der Waals surface area contributed by atoms with E-state index in [1.165, 1.54) is 19.3 Å². The first kappa shape index (κ1) is 14.9. The number of hydrogen-bond donors (Lipinski definition) is 2. The molecule has 0 spiro atoms. The number of aliphatic hydroxyl groups is 2. The summed E-state index contributed by atoms with van der Waals surface area (Å²) in [6, 6.07) is 0.306. The number of hydrogen-bond acceptors (Lipinski definition) is 3. The molecule has 2 atom stereocenters. The molecule has 3 heteroatoms. The smallest absolute Gasteiger partial charge is 0.0586 e. The van der Waals surface area contributed by atoms with Crippen LogP contribution >= 0.6 is 0 Å². The highest BCUT2D eigenvalue weighted by Crippen LogP contribution is 2.27. The van der Waals surface area contributed by atoms with Crippen LogP contribution in [0.25, 0.3) is 0 Å². The van der Waals surface area contributed by atoms with Crippen LogP contribution in [-0.4, -0.2) is 47.5 Å². The van der Waals surface area contributed by atoms with Crippen molar-refractivity contribution in [2.24, 2.45) is 5.41 Å². The Balaban J connectivity index is 2.61. The van der Waals surface area contributed by atoms with Crippen molar-refractivity contribution in [1.29, 1.82) is 0 Å². The van der Waals surface area contributed by atoms with E-state index in [1.807, 2.05) is 0 Å². The van der Waals surface area contributed by atoms with Gasteiger partial charge in [-0.05, 0) is 25.8 Å². The predicted molar refractivity (Wildman–Crippen MR) is 71.0 cm³/mol. The molecule has 0 amide bonds. The molecular formula is C14H29NO2. The summed E-state index contributed by atoms with van der Waals surface area (Å²) in [5.74, 6) is 0. The van der Waals surface area contributed by atoms with Gasteiger partial charge in [0, 0.05) is 24.6 Å². The third kappa shape index (κ3) is 4.57. The van der Waals surface area contributed by atoms with Gasteiger partial charge in [-0.2, -0.15) is 0 Å². The Morgan fingerprint density at radius 3 is 2.59 bits per heavy atom. The lowest BCUT2D eigenvalue weighted by molar-refractivity contribution is 0.0425. The molecule has 0 radical (unpaired) electrons. The van der Waals surface area contributed by atoms with Crippen molar-refractivity contribution < 1.29 is 10.2 Å². The summed E-state index contributed by atoms with van der Waals surface area (Å²) in [6.45, 7) is 6.83. The van der Waals surface area contributed by atoms with Crippen molar-refractivity contribution in [2.75, 3.05) is 26.3 Å². The molecule has 1 fully saturated rings. The fourth-order valence-corrected chi connectivity index (χ4v) is 2.95. The summed E-state index contributed by atoms with van der Waals surface area (Å²) in [6.07, 6.45) is 6.99. The van der Waals surface area contributed by atoms with Gasteiger partial charge in [0.2, 0.25) is 0 Å². The van der Waals surface area contributed by atoms with Gasteiger partial charge in [-0.3, -0.25) is 4.90 Å². The number of rotatable bonds is 6. The van der Waals surface area contributed by atoms with Crippen LogP contribution in [0.2, 0.25) is 0 Å². The van der Waals surface area contributed by atoms with E-state index in [0.717, 1.165) is 32.4 Å². The standard InChI is InChI=1S/C14H29NO2/c1-3-8-14(2,12-17)11-15-9-6-4-5-7-13(15)10-16/h13,16-17H,3-12H2,1-2H3. The van der Waals surface area contributed by atoms with E-state index < -0.39 is 0 Å². The van der Waals surface area contributed by atoms with Gasteiger partial charge in [-0.15, -0.1) is 0 Å². The lowest BCUT2D eigenvalue weighted by Crippen LogP contribution is -2.45. The normalized spacial score (nSPS) is 26.5. The highest BCUT2D eigenvalue weighted by Gasteiger charge is 2.29. The lowest BCUT2D eigenvalue weighted by Gasteiger charge is -2.37. The maximum Gasteiger partial charge on any atom is 0.0586 e. The molecule has 2 unspecified atom stereocenters. The number of aliphatic hydroxyl groups excluding tert-OH is 2. The van der Waals surface area contributed by atoms with Crippen molar-refractivity contribution >= 4 is 0 Å². The minimum atomic E-state index is -0.00743. The first-order chi connectivity index (χ1) is 8.15. The van der Waals surface area contributed by atoms with Crippen LogP contribution < -0.4 is 0 Å². The third-order valence-corrected chi connectivity index (χ3v) is 4.03. The van der Waals surface area contributed by atoms with Gasteiger partial charge in [0.05, 0.1) is 6.61 Å². The molecule has 1 saturated heterocycles. The SMILES string of the molecule is CCCC(C)(CO)CN1CCCCCC1CO. The number of nitrogens with zero attached hydrogens (tertiary/aromatic N) is 1. The highest BCUT2D eigenvalue weighted by atomic mass is 16.3. The second-order valence-corrected chi connectivity index (χ2v) is 5.87. The van der Waals surface area contributed by atoms with Crippen molar-refractivity contribution in [1.82, 2.24) is 4.90 Å². The fourth-order valence-electron chi connectivity index (χ4n) is 2.95. The Morgan fingerprint density at radius 1 is 1.24 bits per heavy atom. The summed E-state index contributed by atoms with van der Waals surface area (Å²) in [5.41, 5.74) is -0.00743. The maximum atomic E-state index is 9.59. The van der Waals surface area contributed by atoms with E-state index in [1.54, 1.807) is 0 Å². The van der Waals surface area contributed by atoms with Crippen LogP contribution in [0.15, 0.2) is 0 Å². The van der Waals surface area contributed by atoms with E-state index in [-0.39, 0.29) is 18.6 Å². The zero-order valence-electron chi connectivity index (χ0n) is 11.5. The Labute approximate surface area is 106 Å². The van der Waals surface area contributed by atoms with Gasteiger partial charge >= 0.3 is 0 Å². The van der Waals surface area contributed by atoms with Crippen LogP contribution in [0.3, 0.4) is 0 Å². The molecule has 0 aliphatic carbocycles. The minimum Gasteiger partial charge on any atom is -0.396 e. The van der Waals surface area contributed by atoms with E-state index in [2.05, 4.69) is 18.7 Å². The second-order valence-electron chi connectivity index (χ2n) is 5.87. The third-order valence-electron chi connectivity index (χ3n) is 4.03. The second kappa shape index (κ2) is 7.34. The van der Waals surface area contributed by atoms with Gasteiger partial charge in [-0.25, -0.2) is 0 Å². The molecule has 1 heterocycles. The summed E-state index contributed by atoms with van der Waals surface area (Å²) < 4.78 is 0. The Morgan fingerprint density at radius 2 is 2.00 bits per heavy atom. The quantitative estimate of drug-likeness (QED) is 0.750. The van der Waals surface area contributed by atoms with Crippen molar-refractivity contribution in [3.63, 3.8) is 0 Å². The molecule has 1 aliphatic heterocycles. The van der Waals surface area contributed by atoms with E-state index in [0.29, 0.717) is 6.04 Å². The first-order valence-corrected chi connectivity index (χ1v) is 7.11. The first-order valence-electron chi connectivity index (χ1n) is 7.11. The molecule has 3 nitrogen and oxygen atoms in total. The Hall–Kier alpha value is -0.120. The van der Waals surface area contributed by atoms with Crippen molar-refractivity contribution in [3.8, 4) is 0 Å². The van der Waals surface area contributed by atoms with Crippen LogP contribution in [0.1, 0.15) is 52.4 Å². The van der Waals surface area contributed by atoms with E-state index in [9.17, 15) is 10.2 Å². The van der Waals surface area contributed by atoms with Crippen molar-refractivity contribution in [2.45, 2.75) is 58.4 Å². The highest BCUT2D eigenvalue weighted by molar-refractivity contribution is 4.83. The molecule has 1 rings (SSSR count). The maximum absolute atomic E-state index is 9.59. The number of likely N-dealkylation sites (tertiary alicyclic amines) is 1. The molecule has 1 aliphatic rings. The van der Waals surface area contributed by atoms with Crippen LogP contribution in [-0.2, 0) is 0 Å². The average Bonchev–Trinajstić information content (AvgIpc) is 2.54. The Bertz CT molecular complexity index is 210. The largest absolute Gasteiger partial charge is 0.396 e. The summed E-state index contributed by atoms with van der Waals surface area (Å²) in [4.78, 5) is 2.40. The molecule has 0 saturated carbocycles. The molecule has 102 valence electrons. The van der Waals surface area contributed by atoms with Gasteiger partial charge in [0.1, 0.15) is 0 Å². The predicted octanol–water partition coefficient (Wildman–Crippen LogP) is 2.02. The zero-order valence-corrected chi connectivity index (χ0v) is 11.5. The van der Waals surface area contributed by atoms with E-state index in [4.69, 9.17) is 0 Å². The molecule has 17 heavy (non-hydrogen) atoms. The Kier molecular flexibility index (Phi) is 6.45. The zero-order chi connectivity index (χ0) is 12.7. The van der Waals surface area contributed by atoms with Crippen LogP contribution in [0, 0.1) is 5.41 Å². The summed E-state index contributed by atoms with van der Waals surface area (Å²) in [7, 11) is 0. The fraction of sp³-hybridized carbons (Fsp3) is 1.00. The van der Waals surface area contributed by atoms with Gasteiger partial charge in [0.15, 0.2) is 0 Å². The van der Waals surface area contributed by atoms with Gasteiger partial charge < -0.3 is 10.2 Å². The summed E-state index contributed by atoms with van der Waals surface area (Å²) in [5, 5.41) is 19.1. The summed E-state index contributed by atoms with van der Waals surface area (Å²) >= 11 is 0. The molecule has 0 aromatic rings. The van der Waals surface area contributed by atoms with Gasteiger partial charge in [-0.1, -0.05) is 33.1 Å². The topological polar surface area (TPSA) is 43.7 Å². The van der Waals surface area contributed by atoms with E-state index >= 15 is 0 Å². The molecule has 0 bridgehead atoms. The molecule has 0 aromatic heterocycles. The molecular weight excluding hydrogens is 214 g/mol. The lowest BCUT2D eigenvalue weighted by atomic mass is 9.85. The van der Waals surface area contributed by atoms with Crippen LogP contribution in [0.4, 0.5) is 0 Å². The molecule has 0 aromatic carbocycles. The van der Waals surface area contributed by atoms with Crippen LogP contribution in [0.5, 0.6) is 0 Å².